The van der Waals surface area contributed by atoms with E-state index >= 15 is 0 Å². The van der Waals surface area contributed by atoms with Crippen LogP contribution in [0.4, 0.5) is 0 Å². The molecule has 1 aliphatic rings. The standard InChI is InChI=1S/C18H22ClNO2/c1-3-6-20(10-13-4-5-13)11-14-8-18(21)22-17-7-12(2)16(19)9-15(14)17/h7-9,13H,3-6,10-11H2,1-2H3. The first-order chi connectivity index (χ1) is 10.6. The number of fused-ring (bicyclic) bond motifs is 1. The molecule has 0 bridgehead atoms. The maximum atomic E-state index is 11.9. The molecule has 1 heterocycles. The first-order valence-corrected chi connectivity index (χ1v) is 8.40. The minimum absolute atomic E-state index is 0.285. The monoisotopic (exact) mass is 319 g/mol. The Labute approximate surface area is 135 Å². The molecule has 0 amide bonds. The van der Waals surface area contributed by atoms with Gasteiger partial charge in [-0.3, -0.25) is 4.90 Å². The van der Waals surface area contributed by atoms with E-state index < -0.39 is 0 Å². The Hall–Kier alpha value is -1.32. The number of hydrogen-bond acceptors (Lipinski definition) is 3. The molecule has 0 aliphatic heterocycles. The topological polar surface area (TPSA) is 33.5 Å². The van der Waals surface area contributed by atoms with E-state index in [-0.39, 0.29) is 5.63 Å². The van der Waals surface area contributed by atoms with Crippen LogP contribution >= 0.6 is 11.6 Å². The van der Waals surface area contributed by atoms with Crippen LogP contribution in [0.2, 0.25) is 5.02 Å². The summed E-state index contributed by atoms with van der Waals surface area (Å²) < 4.78 is 5.34. The van der Waals surface area contributed by atoms with Gasteiger partial charge < -0.3 is 4.42 Å². The Morgan fingerprint density at radius 1 is 1.32 bits per heavy atom. The normalized spacial score (nSPS) is 14.9. The Balaban J connectivity index is 1.96. The second-order valence-corrected chi connectivity index (χ2v) is 6.77. The maximum absolute atomic E-state index is 11.9. The Morgan fingerprint density at radius 3 is 2.77 bits per heavy atom. The summed E-state index contributed by atoms with van der Waals surface area (Å²) in [6, 6.07) is 5.39. The molecule has 0 saturated heterocycles. The fourth-order valence-electron chi connectivity index (χ4n) is 2.94. The third kappa shape index (κ3) is 3.53. The van der Waals surface area contributed by atoms with Crippen molar-refractivity contribution in [1.82, 2.24) is 4.90 Å². The molecule has 22 heavy (non-hydrogen) atoms. The highest BCUT2D eigenvalue weighted by atomic mass is 35.5. The smallest absolute Gasteiger partial charge is 0.336 e. The molecule has 1 fully saturated rings. The summed E-state index contributed by atoms with van der Waals surface area (Å²) in [6.45, 7) is 7.07. The average Bonchev–Trinajstić information content (AvgIpc) is 3.25. The van der Waals surface area contributed by atoms with Crippen LogP contribution in [0.3, 0.4) is 0 Å². The average molecular weight is 320 g/mol. The van der Waals surface area contributed by atoms with E-state index in [0.29, 0.717) is 10.6 Å². The van der Waals surface area contributed by atoms with E-state index in [1.165, 1.54) is 12.8 Å². The van der Waals surface area contributed by atoms with E-state index in [1.54, 1.807) is 6.07 Å². The second-order valence-electron chi connectivity index (χ2n) is 6.37. The van der Waals surface area contributed by atoms with Crippen LogP contribution in [0.25, 0.3) is 11.0 Å². The summed E-state index contributed by atoms with van der Waals surface area (Å²) in [7, 11) is 0. The number of nitrogens with zero attached hydrogens (tertiary/aromatic N) is 1. The molecule has 0 spiro atoms. The molecule has 1 aromatic carbocycles. The molecule has 2 aromatic rings. The summed E-state index contributed by atoms with van der Waals surface area (Å²) in [5, 5.41) is 1.67. The van der Waals surface area contributed by atoms with E-state index in [4.69, 9.17) is 16.0 Å². The van der Waals surface area contributed by atoms with Gasteiger partial charge in [-0.1, -0.05) is 18.5 Å². The Bertz CT molecular complexity index is 734. The van der Waals surface area contributed by atoms with Gasteiger partial charge in [0.15, 0.2) is 0 Å². The van der Waals surface area contributed by atoms with Crippen LogP contribution in [-0.4, -0.2) is 18.0 Å². The minimum atomic E-state index is -0.285. The van der Waals surface area contributed by atoms with Crippen molar-refractivity contribution in [1.29, 1.82) is 0 Å². The van der Waals surface area contributed by atoms with Gasteiger partial charge in [0.1, 0.15) is 5.58 Å². The van der Waals surface area contributed by atoms with Gasteiger partial charge in [0.25, 0.3) is 0 Å². The molecule has 4 heteroatoms. The highest BCUT2D eigenvalue weighted by Gasteiger charge is 2.24. The van der Waals surface area contributed by atoms with Gasteiger partial charge in [0.2, 0.25) is 0 Å². The maximum Gasteiger partial charge on any atom is 0.336 e. The Kier molecular flexibility index (Phi) is 4.55. The van der Waals surface area contributed by atoms with Crippen LogP contribution in [0.5, 0.6) is 0 Å². The zero-order valence-corrected chi connectivity index (χ0v) is 13.9. The van der Waals surface area contributed by atoms with Crippen LogP contribution in [0, 0.1) is 12.8 Å². The summed E-state index contributed by atoms with van der Waals surface area (Å²) in [6.07, 6.45) is 3.79. The van der Waals surface area contributed by atoms with Crippen molar-refractivity contribution in [2.45, 2.75) is 39.7 Å². The zero-order valence-electron chi connectivity index (χ0n) is 13.2. The lowest BCUT2D eigenvalue weighted by Gasteiger charge is -2.22. The van der Waals surface area contributed by atoms with Crippen LogP contribution in [0.15, 0.2) is 27.4 Å². The highest BCUT2D eigenvalue weighted by molar-refractivity contribution is 6.32. The van der Waals surface area contributed by atoms with Crippen molar-refractivity contribution in [2.24, 2.45) is 5.92 Å². The third-order valence-electron chi connectivity index (χ3n) is 4.26. The second kappa shape index (κ2) is 6.43. The van der Waals surface area contributed by atoms with E-state index in [2.05, 4.69) is 11.8 Å². The number of hydrogen-bond donors (Lipinski definition) is 0. The van der Waals surface area contributed by atoms with Crippen LogP contribution < -0.4 is 5.63 Å². The van der Waals surface area contributed by atoms with Crippen molar-refractivity contribution in [3.63, 3.8) is 0 Å². The third-order valence-corrected chi connectivity index (χ3v) is 4.66. The highest BCUT2D eigenvalue weighted by Crippen LogP contribution is 2.31. The van der Waals surface area contributed by atoms with Crippen molar-refractivity contribution < 1.29 is 4.42 Å². The van der Waals surface area contributed by atoms with Crippen LogP contribution in [0.1, 0.15) is 37.3 Å². The molecular formula is C18H22ClNO2. The number of rotatable bonds is 6. The zero-order chi connectivity index (χ0) is 15.7. The predicted octanol–water partition coefficient (Wildman–Crippen LogP) is 4.38. The summed E-state index contributed by atoms with van der Waals surface area (Å²) in [4.78, 5) is 14.3. The lowest BCUT2D eigenvalue weighted by atomic mass is 10.1. The lowest BCUT2D eigenvalue weighted by molar-refractivity contribution is 0.255. The van der Waals surface area contributed by atoms with E-state index in [9.17, 15) is 4.79 Å². The molecule has 0 unspecified atom stereocenters. The lowest BCUT2D eigenvalue weighted by Crippen LogP contribution is -2.27. The van der Waals surface area contributed by atoms with Gasteiger partial charge >= 0.3 is 5.63 Å². The van der Waals surface area contributed by atoms with Gasteiger partial charge in [-0.25, -0.2) is 4.79 Å². The summed E-state index contributed by atoms with van der Waals surface area (Å²) in [5.41, 5.74) is 2.29. The fourth-order valence-corrected chi connectivity index (χ4v) is 3.10. The summed E-state index contributed by atoms with van der Waals surface area (Å²) >= 11 is 6.26. The first-order valence-electron chi connectivity index (χ1n) is 8.02. The van der Waals surface area contributed by atoms with Crippen molar-refractivity contribution in [3.8, 4) is 0 Å². The predicted molar refractivity (Wildman–Crippen MR) is 90.5 cm³/mol. The molecule has 1 aliphatic carbocycles. The number of benzene rings is 1. The molecule has 0 atom stereocenters. The van der Waals surface area contributed by atoms with Gasteiger partial charge in [-0.15, -0.1) is 0 Å². The number of halogens is 1. The van der Waals surface area contributed by atoms with Crippen molar-refractivity contribution in [2.75, 3.05) is 13.1 Å². The first kappa shape index (κ1) is 15.6. The summed E-state index contributed by atoms with van der Waals surface area (Å²) in [5.74, 6) is 0.837. The van der Waals surface area contributed by atoms with Crippen molar-refractivity contribution >= 4 is 22.6 Å². The quantitative estimate of drug-likeness (QED) is 0.741. The van der Waals surface area contributed by atoms with Crippen LogP contribution in [-0.2, 0) is 6.54 Å². The van der Waals surface area contributed by atoms with Gasteiger partial charge in [0, 0.05) is 29.6 Å². The SMILES string of the molecule is CCCN(Cc1cc(=O)oc2cc(C)c(Cl)cc12)CC1CC1. The molecule has 3 nitrogen and oxygen atoms in total. The van der Waals surface area contributed by atoms with Gasteiger partial charge in [0.05, 0.1) is 0 Å². The van der Waals surface area contributed by atoms with Gasteiger partial charge in [-0.2, -0.15) is 0 Å². The molecule has 1 aromatic heterocycles. The Morgan fingerprint density at radius 2 is 2.09 bits per heavy atom. The van der Waals surface area contributed by atoms with Gasteiger partial charge in [-0.05, 0) is 61.9 Å². The van der Waals surface area contributed by atoms with Crippen molar-refractivity contribution in [3.05, 3.63) is 44.8 Å². The largest absolute Gasteiger partial charge is 0.423 e. The van der Waals surface area contributed by atoms with E-state index in [0.717, 1.165) is 48.5 Å². The fraction of sp³-hybridized carbons (Fsp3) is 0.500. The number of aryl methyl sites for hydroxylation is 1. The molecule has 3 rings (SSSR count). The van der Waals surface area contributed by atoms with E-state index in [1.807, 2.05) is 19.1 Å². The molecular weight excluding hydrogens is 298 g/mol. The minimum Gasteiger partial charge on any atom is -0.423 e. The molecule has 0 N–H and O–H groups in total. The molecule has 0 radical (unpaired) electrons. The molecule has 118 valence electrons. The molecule has 1 saturated carbocycles.